The molecule has 6 nitrogen and oxygen atoms in total. The van der Waals surface area contributed by atoms with Crippen molar-refractivity contribution in [1.82, 2.24) is 0 Å². The van der Waals surface area contributed by atoms with Crippen LogP contribution in [0.2, 0.25) is 5.02 Å². The SMILES string of the molecule is CCCCOC(=O)C[C@H](N)C(=O)Nc1sc(C)c(C)c1C(=O)c1ccc(Cl)cc1. The number of aryl methyl sites for hydroxylation is 1. The van der Waals surface area contributed by atoms with Gasteiger partial charge in [-0.25, -0.2) is 0 Å². The van der Waals surface area contributed by atoms with Gasteiger partial charge in [0.05, 0.1) is 24.6 Å². The summed E-state index contributed by atoms with van der Waals surface area (Å²) in [7, 11) is 0. The zero-order chi connectivity index (χ0) is 21.6. The molecule has 0 aliphatic heterocycles. The Labute approximate surface area is 179 Å². The van der Waals surface area contributed by atoms with Gasteiger partial charge in [0.2, 0.25) is 5.91 Å². The summed E-state index contributed by atoms with van der Waals surface area (Å²) in [5, 5.41) is 3.66. The highest BCUT2D eigenvalue weighted by atomic mass is 35.5. The van der Waals surface area contributed by atoms with Crippen molar-refractivity contribution in [3.63, 3.8) is 0 Å². The molecule has 29 heavy (non-hydrogen) atoms. The molecule has 3 N–H and O–H groups in total. The molecule has 0 aliphatic rings. The van der Waals surface area contributed by atoms with Gasteiger partial charge in [-0.3, -0.25) is 14.4 Å². The highest BCUT2D eigenvalue weighted by molar-refractivity contribution is 7.16. The van der Waals surface area contributed by atoms with Crippen molar-refractivity contribution in [2.75, 3.05) is 11.9 Å². The van der Waals surface area contributed by atoms with E-state index in [1.165, 1.54) is 11.3 Å². The zero-order valence-electron chi connectivity index (χ0n) is 16.7. The van der Waals surface area contributed by atoms with Gasteiger partial charge in [0, 0.05) is 15.5 Å². The van der Waals surface area contributed by atoms with Gasteiger partial charge in [-0.2, -0.15) is 0 Å². The summed E-state index contributed by atoms with van der Waals surface area (Å²) in [5.41, 5.74) is 7.54. The smallest absolute Gasteiger partial charge is 0.307 e. The Kier molecular flexibility index (Phi) is 8.37. The molecule has 1 heterocycles. The fraction of sp³-hybridized carbons (Fsp3) is 0.381. The first-order valence-corrected chi connectivity index (χ1v) is 10.6. The number of amides is 1. The molecule has 0 fully saturated rings. The van der Waals surface area contributed by atoms with E-state index in [1.807, 2.05) is 20.8 Å². The second kappa shape index (κ2) is 10.5. The van der Waals surface area contributed by atoms with Crippen molar-refractivity contribution in [2.24, 2.45) is 5.73 Å². The van der Waals surface area contributed by atoms with Crippen molar-refractivity contribution in [1.29, 1.82) is 0 Å². The first kappa shape index (κ1) is 23.1. The summed E-state index contributed by atoms with van der Waals surface area (Å²) in [6, 6.07) is 5.50. The van der Waals surface area contributed by atoms with Gasteiger partial charge >= 0.3 is 5.97 Å². The average Bonchev–Trinajstić information content (AvgIpc) is 2.95. The third-order valence-corrected chi connectivity index (χ3v) is 5.81. The number of rotatable bonds is 9. The molecular weight excluding hydrogens is 412 g/mol. The number of nitrogens with two attached hydrogens (primary N) is 1. The van der Waals surface area contributed by atoms with Crippen LogP contribution in [0.1, 0.15) is 52.5 Å². The van der Waals surface area contributed by atoms with Crippen LogP contribution in [0.5, 0.6) is 0 Å². The predicted molar refractivity (Wildman–Crippen MR) is 116 cm³/mol. The van der Waals surface area contributed by atoms with E-state index in [2.05, 4.69) is 5.32 Å². The quantitative estimate of drug-likeness (QED) is 0.348. The summed E-state index contributed by atoms with van der Waals surface area (Å²) in [6.07, 6.45) is 1.44. The van der Waals surface area contributed by atoms with E-state index in [9.17, 15) is 14.4 Å². The lowest BCUT2D eigenvalue weighted by Crippen LogP contribution is -2.38. The van der Waals surface area contributed by atoms with Crippen molar-refractivity contribution in [3.05, 3.63) is 50.9 Å². The lowest BCUT2D eigenvalue weighted by Gasteiger charge is -2.12. The summed E-state index contributed by atoms with van der Waals surface area (Å²) in [5.74, 6) is -1.27. The Balaban J connectivity index is 2.13. The molecule has 0 saturated carbocycles. The van der Waals surface area contributed by atoms with Gasteiger partial charge in [0.1, 0.15) is 5.00 Å². The molecule has 156 valence electrons. The molecule has 0 unspecified atom stereocenters. The minimum Gasteiger partial charge on any atom is -0.466 e. The Morgan fingerprint density at radius 2 is 1.86 bits per heavy atom. The van der Waals surface area contributed by atoms with E-state index in [0.29, 0.717) is 27.8 Å². The average molecular weight is 437 g/mol. The van der Waals surface area contributed by atoms with Gasteiger partial charge in [-0.05, 0) is 50.1 Å². The largest absolute Gasteiger partial charge is 0.466 e. The van der Waals surface area contributed by atoms with Gasteiger partial charge < -0.3 is 15.8 Å². The van der Waals surface area contributed by atoms with Gasteiger partial charge in [-0.15, -0.1) is 11.3 Å². The number of carbonyl (C=O) groups is 3. The molecule has 1 atom stereocenters. The lowest BCUT2D eigenvalue weighted by atomic mass is 10.0. The van der Waals surface area contributed by atoms with E-state index in [4.69, 9.17) is 22.1 Å². The number of thiophene rings is 1. The number of ether oxygens (including phenoxy) is 1. The molecule has 1 amide bonds. The highest BCUT2D eigenvalue weighted by Gasteiger charge is 2.25. The van der Waals surface area contributed by atoms with E-state index >= 15 is 0 Å². The van der Waals surface area contributed by atoms with Gasteiger partial charge in [0.15, 0.2) is 5.78 Å². The van der Waals surface area contributed by atoms with Gasteiger partial charge in [-0.1, -0.05) is 24.9 Å². The van der Waals surface area contributed by atoms with Gasteiger partial charge in [0.25, 0.3) is 0 Å². The maximum atomic E-state index is 13.0. The van der Waals surface area contributed by atoms with E-state index in [-0.39, 0.29) is 12.2 Å². The molecule has 0 spiro atoms. The number of anilines is 1. The number of hydrogen-bond acceptors (Lipinski definition) is 6. The Morgan fingerprint density at radius 3 is 2.48 bits per heavy atom. The first-order chi connectivity index (χ1) is 13.7. The van der Waals surface area contributed by atoms with E-state index < -0.39 is 17.9 Å². The van der Waals surface area contributed by atoms with Crippen molar-refractivity contribution in [2.45, 2.75) is 46.1 Å². The molecule has 1 aromatic carbocycles. The number of unbranched alkanes of at least 4 members (excludes halogenated alkanes) is 1. The number of nitrogens with one attached hydrogen (secondary N) is 1. The number of esters is 1. The third-order valence-electron chi connectivity index (χ3n) is 4.44. The molecule has 2 rings (SSSR count). The van der Waals surface area contributed by atoms with E-state index in [1.54, 1.807) is 24.3 Å². The number of benzene rings is 1. The van der Waals surface area contributed by atoms with Crippen LogP contribution in [-0.4, -0.2) is 30.3 Å². The Bertz CT molecular complexity index is 893. The molecule has 8 heteroatoms. The molecular formula is C21H25ClN2O4S. The number of ketones is 1. The van der Waals surface area contributed by atoms with Crippen LogP contribution in [0.4, 0.5) is 5.00 Å². The standard InChI is InChI=1S/C21H25ClN2O4S/c1-4-5-10-28-17(25)11-16(23)20(27)24-21-18(12(2)13(3)29-21)19(26)14-6-8-15(22)9-7-14/h6-9,16H,4-5,10-11,23H2,1-3H3,(H,24,27)/t16-/m0/s1. The second-order valence-corrected chi connectivity index (χ2v) is 8.36. The monoisotopic (exact) mass is 436 g/mol. The molecule has 0 radical (unpaired) electrons. The number of halogens is 1. The summed E-state index contributed by atoms with van der Waals surface area (Å²) >= 11 is 7.19. The summed E-state index contributed by atoms with van der Waals surface area (Å²) in [6.45, 7) is 6.00. The van der Waals surface area contributed by atoms with Crippen LogP contribution in [0.3, 0.4) is 0 Å². The normalized spacial score (nSPS) is 11.8. The van der Waals surface area contributed by atoms with Crippen LogP contribution in [0.25, 0.3) is 0 Å². The van der Waals surface area contributed by atoms with Crippen LogP contribution in [0, 0.1) is 13.8 Å². The zero-order valence-corrected chi connectivity index (χ0v) is 18.3. The molecule has 1 aromatic heterocycles. The molecule has 0 aliphatic carbocycles. The van der Waals surface area contributed by atoms with Crippen molar-refractivity contribution >= 4 is 45.6 Å². The Morgan fingerprint density at radius 1 is 1.21 bits per heavy atom. The lowest BCUT2D eigenvalue weighted by molar-refractivity contribution is -0.145. The maximum absolute atomic E-state index is 13.0. The molecule has 0 bridgehead atoms. The van der Waals surface area contributed by atoms with Crippen molar-refractivity contribution < 1.29 is 19.1 Å². The number of hydrogen-bond donors (Lipinski definition) is 2. The fourth-order valence-electron chi connectivity index (χ4n) is 2.60. The maximum Gasteiger partial charge on any atom is 0.307 e. The van der Waals surface area contributed by atoms with Crippen LogP contribution in [-0.2, 0) is 14.3 Å². The minimum absolute atomic E-state index is 0.216. The van der Waals surface area contributed by atoms with Crippen LogP contribution >= 0.6 is 22.9 Å². The molecule has 2 aromatic rings. The minimum atomic E-state index is -1.06. The predicted octanol–water partition coefficient (Wildman–Crippen LogP) is 4.25. The molecule has 0 saturated heterocycles. The number of carbonyl (C=O) groups excluding carboxylic acids is 3. The first-order valence-electron chi connectivity index (χ1n) is 9.36. The topological polar surface area (TPSA) is 98.5 Å². The third kappa shape index (κ3) is 6.13. The highest BCUT2D eigenvalue weighted by Crippen LogP contribution is 2.34. The summed E-state index contributed by atoms with van der Waals surface area (Å²) in [4.78, 5) is 38.2. The van der Waals surface area contributed by atoms with Crippen molar-refractivity contribution in [3.8, 4) is 0 Å². The van der Waals surface area contributed by atoms with Crippen LogP contribution < -0.4 is 11.1 Å². The summed E-state index contributed by atoms with van der Waals surface area (Å²) < 4.78 is 5.04. The van der Waals surface area contributed by atoms with E-state index in [0.717, 1.165) is 23.3 Å². The second-order valence-electron chi connectivity index (χ2n) is 6.70. The fourth-order valence-corrected chi connectivity index (χ4v) is 3.79. The van der Waals surface area contributed by atoms with Crippen LogP contribution in [0.15, 0.2) is 24.3 Å². The Hall–Kier alpha value is -2.22.